The second-order valence-corrected chi connectivity index (χ2v) is 7.59. The predicted molar refractivity (Wildman–Crippen MR) is 81.8 cm³/mol. The molecule has 0 aliphatic carbocycles. The van der Waals surface area contributed by atoms with Gasteiger partial charge >= 0.3 is 0 Å². The molecule has 0 unspecified atom stereocenters. The number of hydrogen-bond donors (Lipinski definition) is 1. The summed E-state index contributed by atoms with van der Waals surface area (Å²) in [5.74, 6) is 0.217. The van der Waals surface area contributed by atoms with E-state index in [0.717, 1.165) is 18.5 Å². The van der Waals surface area contributed by atoms with Gasteiger partial charge in [-0.2, -0.15) is 0 Å². The fourth-order valence-electron chi connectivity index (χ4n) is 2.86. The molecular formula is C14H19N3O3S. The van der Waals surface area contributed by atoms with Gasteiger partial charge in [-0.15, -0.1) is 0 Å². The Morgan fingerprint density at radius 3 is 2.33 bits per heavy atom. The van der Waals surface area contributed by atoms with Crippen LogP contribution in [-0.4, -0.2) is 39.2 Å². The smallest absolute Gasteiger partial charge is 0.235 e. The van der Waals surface area contributed by atoms with Gasteiger partial charge in [0.25, 0.3) is 0 Å². The highest BCUT2D eigenvalue weighted by molar-refractivity contribution is 7.92. The number of carbonyl (C=O) groups is 1. The molecule has 0 bridgehead atoms. The monoisotopic (exact) mass is 309 g/mol. The molecule has 6 nitrogen and oxygen atoms in total. The Kier molecular flexibility index (Phi) is 3.62. The molecule has 0 radical (unpaired) electrons. The first-order valence-corrected chi connectivity index (χ1v) is 8.75. The van der Waals surface area contributed by atoms with Crippen LogP contribution in [0.4, 0.5) is 11.4 Å². The normalized spacial score (nSPS) is 25.4. The minimum atomic E-state index is -3.20. The van der Waals surface area contributed by atoms with Gasteiger partial charge in [-0.25, -0.2) is 8.42 Å². The van der Waals surface area contributed by atoms with E-state index in [1.807, 2.05) is 0 Å². The number of nitrogens with two attached hydrogens (primary N) is 1. The van der Waals surface area contributed by atoms with Crippen molar-refractivity contribution in [2.24, 2.45) is 5.73 Å². The molecule has 2 aliphatic heterocycles. The first-order valence-electron chi connectivity index (χ1n) is 7.14. The predicted octanol–water partition coefficient (Wildman–Crippen LogP) is 0.681. The number of sulfonamides is 1. The molecule has 1 atom stereocenters. The molecule has 2 N–H and O–H groups in total. The molecule has 7 heteroatoms. The Labute approximate surface area is 124 Å². The maximum absolute atomic E-state index is 12.1. The van der Waals surface area contributed by atoms with E-state index in [9.17, 15) is 13.2 Å². The molecule has 1 amide bonds. The second kappa shape index (κ2) is 5.31. The van der Waals surface area contributed by atoms with E-state index in [0.29, 0.717) is 25.2 Å². The van der Waals surface area contributed by atoms with Crippen molar-refractivity contribution in [1.82, 2.24) is 0 Å². The zero-order valence-corrected chi connectivity index (χ0v) is 12.6. The summed E-state index contributed by atoms with van der Waals surface area (Å²) in [5.41, 5.74) is 7.22. The molecule has 1 aromatic carbocycles. The van der Waals surface area contributed by atoms with Crippen LogP contribution in [0.1, 0.15) is 19.3 Å². The summed E-state index contributed by atoms with van der Waals surface area (Å²) in [6.45, 7) is 1.04. The number of anilines is 2. The van der Waals surface area contributed by atoms with Gasteiger partial charge in [0, 0.05) is 31.2 Å². The van der Waals surface area contributed by atoms with Gasteiger partial charge in [-0.05, 0) is 37.1 Å². The van der Waals surface area contributed by atoms with Crippen molar-refractivity contribution in [2.75, 3.05) is 28.0 Å². The highest BCUT2D eigenvalue weighted by Crippen LogP contribution is 2.27. The van der Waals surface area contributed by atoms with E-state index in [2.05, 4.69) is 0 Å². The molecule has 0 saturated carbocycles. The van der Waals surface area contributed by atoms with E-state index < -0.39 is 10.0 Å². The fraction of sp³-hybridized carbons (Fsp3) is 0.500. The third kappa shape index (κ3) is 2.75. The van der Waals surface area contributed by atoms with E-state index >= 15 is 0 Å². The van der Waals surface area contributed by atoms with E-state index in [4.69, 9.17) is 5.73 Å². The van der Waals surface area contributed by atoms with Crippen LogP contribution in [0.15, 0.2) is 24.3 Å². The number of hydrogen-bond acceptors (Lipinski definition) is 4. The molecular weight excluding hydrogens is 290 g/mol. The molecule has 2 heterocycles. The van der Waals surface area contributed by atoms with Crippen LogP contribution in [0.2, 0.25) is 0 Å². The topological polar surface area (TPSA) is 83.7 Å². The maximum atomic E-state index is 12.1. The SMILES string of the molecule is N[C@@H]1CC(=O)N(c2ccc(N3CCCCS3(=O)=O)cc2)C1. The number of benzene rings is 1. The molecule has 2 saturated heterocycles. The molecule has 2 fully saturated rings. The van der Waals surface area contributed by atoms with Crippen molar-refractivity contribution in [2.45, 2.75) is 25.3 Å². The van der Waals surface area contributed by atoms with Crippen molar-refractivity contribution in [1.29, 1.82) is 0 Å². The molecule has 2 aliphatic rings. The van der Waals surface area contributed by atoms with Gasteiger partial charge in [-0.3, -0.25) is 9.10 Å². The number of rotatable bonds is 2. The van der Waals surface area contributed by atoms with E-state index in [1.165, 1.54) is 4.31 Å². The Morgan fingerprint density at radius 1 is 1.10 bits per heavy atom. The van der Waals surface area contributed by atoms with Crippen molar-refractivity contribution in [3.8, 4) is 0 Å². The zero-order chi connectivity index (χ0) is 15.0. The summed E-state index contributed by atoms with van der Waals surface area (Å²) in [6, 6.07) is 6.97. The van der Waals surface area contributed by atoms with Gasteiger partial charge in [0.15, 0.2) is 0 Å². The summed E-state index contributed by atoms with van der Waals surface area (Å²) in [5, 5.41) is 0. The van der Waals surface area contributed by atoms with Crippen molar-refractivity contribution < 1.29 is 13.2 Å². The van der Waals surface area contributed by atoms with Crippen LogP contribution in [0.3, 0.4) is 0 Å². The van der Waals surface area contributed by atoms with Gasteiger partial charge in [0.1, 0.15) is 0 Å². The van der Waals surface area contributed by atoms with Crippen molar-refractivity contribution in [3.63, 3.8) is 0 Å². The van der Waals surface area contributed by atoms with Gasteiger partial charge in [0.2, 0.25) is 15.9 Å². The van der Waals surface area contributed by atoms with Crippen molar-refractivity contribution in [3.05, 3.63) is 24.3 Å². The maximum Gasteiger partial charge on any atom is 0.235 e. The van der Waals surface area contributed by atoms with E-state index in [-0.39, 0.29) is 17.7 Å². The first-order chi connectivity index (χ1) is 9.97. The minimum absolute atomic E-state index is 0.0147. The summed E-state index contributed by atoms with van der Waals surface area (Å²) < 4.78 is 25.6. The number of amides is 1. The lowest BCUT2D eigenvalue weighted by atomic mass is 10.2. The van der Waals surface area contributed by atoms with E-state index in [1.54, 1.807) is 29.2 Å². The highest BCUT2D eigenvalue weighted by Gasteiger charge is 2.29. The fourth-order valence-corrected chi connectivity index (χ4v) is 4.50. The molecule has 3 rings (SSSR count). The standard InChI is InChI=1S/C14H19N3O3S/c15-11-9-14(18)16(10-11)12-3-5-13(6-4-12)17-7-1-2-8-21(17,19)20/h3-6,11H,1-2,7-10,15H2/t11-/m1/s1. The lowest BCUT2D eigenvalue weighted by molar-refractivity contribution is -0.117. The molecule has 0 spiro atoms. The summed E-state index contributed by atoms with van der Waals surface area (Å²) in [4.78, 5) is 13.5. The van der Waals surface area contributed by atoms with Gasteiger partial charge in [-0.1, -0.05) is 0 Å². The lowest BCUT2D eigenvalue weighted by Gasteiger charge is -2.28. The van der Waals surface area contributed by atoms with Crippen LogP contribution < -0.4 is 14.9 Å². The lowest BCUT2D eigenvalue weighted by Crippen LogP contribution is -2.37. The number of carbonyl (C=O) groups excluding carboxylic acids is 1. The van der Waals surface area contributed by atoms with Crippen LogP contribution in [-0.2, 0) is 14.8 Å². The van der Waals surface area contributed by atoms with Crippen molar-refractivity contribution >= 4 is 27.3 Å². The summed E-state index contributed by atoms with van der Waals surface area (Å²) in [7, 11) is -3.20. The zero-order valence-electron chi connectivity index (χ0n) is 11.7. The van der Waals surface area contributed by atoms with Crippen LogP contribution >= 0.6 is 0 Å². The van der Waals surface area contributed by atoms with Crippen LogP contribution in [0.25, 0.3) is 0 Å². The Balaban J connectivity index is 1.83. The third-order valence-corrected chi connectivity index (χ3v) is 5.82. The quantitative estimate of drug-likeness (QED) is 0.871. The average Bonchev–Trinajstić information content (AvgIpc) is 2.78. The summed E-state index contributed by atoms with van der Waals surface area (Å²) in [6.07, 6.45) is 1.96. The molecule has 21 heavy (non-hydrogen) atoms. The largest absolute Gasteiger partial charge is 0.326 e. The Bertz CT molecular complexity index is 642. The molecule has 1 aromatic rings. The Morgan fingerprint density at radius 2 is 1.76 bits per heavy atom. The minimum Gasteiger partial charge on any atom is -0.326 e. The Hall–Kier alpha value is -1.60. The second-order valence-electron chi connectivity index (χ2n) is 5.58. The van der Waals surface area contributed by atoms with Crippen LogP contribution in [0, 0.1) is 0 Å². The first kappa shape index (κ1) is 14.3. The summed E-state index contributed by atoms with van der Waals surface area (Å²) >= 11 is 0. The highest BCUT2D eigenvalue weighted by atomic mass is 32.2. The molecule has 0 aromatic heterocycles. The average molecular weight is 309 g/mol. The number of nitrogens with zero attached hydrogens (tertiary/aromatic N) is 2. The van der Waals surface area contributed by atoms with Crippen LogP contribution in [0.5, 0.6) is 0 Å². The molecule has 114 valence electrons. The third-order valence-electron chi connectivity index (χ3n) is 3.95. The van der Waals surface area contributed by atoms with Gasteiger partial charge < -0.3 is 10.6 Å². The van der Waals surface area contributed by atoms with Gasteiger partial charge in [0.05, 0.1) is 11.4 Å².